The molecule has 0 atom stereocenters. The molecule has 21 heavy (non-hydrogen) atoms. The van der Waals surface area contributed by atoms with E-state index >= 15 is 0 Å². The highest BCUT2D eigenvalue weighted by Crippen LogP contribution is 2.29. The van der Waals surface area contributed by atoms with E-state index < -0.39 is 0 Å². The summed E-state index contributed by atoms with van der Waals surface area (Å²) in [5.74, 6) is 0.906. The summed E-state index contributed by atoms with van der Waals surface area (Å²) < 4.78 is 5.42. The summed E-state index contributed by atoms with van der Waals surface area (Å²) in [7, 11) is 0. The topological polar surface area (TPSA) is 67.3 Å². The first-order valence-electron chi connectivity index (χ1n) is 7.42. The Morgan fingerprint density at radius 2 is 1.95 bits per heavy atom. The number of aromatic nitrogens is 2. The Morgan fingerprint density at radius 3 is 2.48 bits per heavy atom. The molecule has 1 aromatic heterocycles. The van der Waals surface area contributed by atoms with Gasteiger partial charge in [-0.15, -0.1) is 10.2 Å². The van der Waals surface area contributed by atoms with E-state index in [0.717, 1.165) is 25.9 Å². The quantitative estimate of drug-likeness (QED) is 0.930. The summed E-state index contributed by atoms with van der Waals surface area (Å²) >= 11 is 0. The van der Waals surface area contributed by atoms with E-state index in [2.05, 4.69) is 29.4 Å². The molecular weight excluding hydrogens is 268 g/mol. The molecule has 6 nitrogen and oxygen atoms in total. The maximum absolute atomic E-state index is 12.2. The van der Waals surface area contributed by atoms with Crippen molar-refractivity contribution < 1.29 is 9.53 Å². The van der Waals surface area contributed by atoms with Crippen LogP contribution in [0.5, 0.6) is 5.88 Å². The van der Waals surface area contributed by atoms with Crippen LogP contribution in [0.3, 0.4) is 0 Å². The predicted octanol–water partition coefficient (Wildman–Crippen LogP) is 2.92. The van der Waals surface area contributed by atoms with Crippen LogP contribution < -0.4 is 10.1 Å². The van der Waals surface area contributed by atoms with Crippen LogP contribution in [0.2, 0.25) is 0 Å². The third-order valence-corrected chi connectivity index (χ3v) is 3.64. The van der Waals surface area contributed by atoms with Crippen molar-refractivity contribution in [1.82, 2.24) is 15.1 Å². The third-order valence-electron chi connectivity index (χ3n) is 3.64. The number of carbonyl (C=O) groups excluding carboxylic acids is 1. The van der Waals surface area contributed by atoms with Crippen LogP contribution in [-0.4, -0.2) is 40.3 Å². The van der Waals surface area contributed by atoms with E-state index in [9.17, 15) is 4.79 Å². The lowest BCUT2D eigenvalue weighted by Crippen LogP contribution is -2.43. The Labute approximate surface area is 125 Å². The molecule has 116 valence electrons. The molecule has 1 aliphatic heterocycles. The number of amides is 2. The van der Waals surface area contributed by atoms with Crippen molar-refractivity contribution in [2.24, 2.45) is 5.41 Å². The van der Waals surface area contributed by atoms with Crippen LogP contribution in [-0.2, 0) is 0 Å². The average molecular weight is 292 g/mol. The van der Waals surface area contributed by atoms with Gasteiger partial charge in [0.25, 0.3) is 0 Å². The van der Waals surface area contributed by atoms with Crippen molar-refractivity contribution in [2.45, 2.75) is 46.6 Å². The van der Waals surface area contributed by atoms with Gasteiger partial charge in [0.2, 0.25) is 5.88 Å². The normalized spacial score (nSPS) is 17.7. The van der Waals surface area contributed by atoms with Crippen LogP contribution in [0.4, 0.5) is 10.6 Å². The van der Waals surface area contributed by atoms with Crippen LogP contribution >= 0.6 is 0 Å². The van der Waals surface area contributed by atoms with Gasteiger partial charge in [-0.05, 0) is 38.2 Å². The molecule has 0 aromatic carbocycles. The molecule has 6 heteroatoms. The molecule has 1 N–H and O–H groups in total. The first kappa shape index (κ1) is 15.5. The van der Waals surface area contributed by atoms with Gasteiger partial charge in [-0.3, -0.25) is 5.32 Å². The standard InChI is InChI=1S/C15H24N4O2/c1-11(2)21-13-6-5-12(17-18-13)16-14(20)19-9-7-15(3,4)8-10-19/h5-6,11H,7-10H2,1-4H3,(H,16,17,20). The molecule has 0 radical (unpaired) electrons. The smallest absolute Gasteiger partial charge is 0.323 e. The van der Waals surface area contributed by atoms with Crippen molar-refractivity contribution >= 4 is 11.8 Å². The summed E-state index contributed by atoms with van der Waals surface area (Å²) in [5, 5.41) is 10.7. The Bertz CT molecular complexity index is 475. The zero-order valence-electron chi connectivity index (χ0n) is 13.2. The maximum atomic E-state index is 12.2. The monoisotopic (exact) mass is 292 g/mol. The molecule has 2 heterocycles. The van der Waals surface area contributed by atoms with Gasteiger partial charge in [0.15, 0.2) is 5.82 Å². The minimum Gasteiger partial charge on any atom is -0.474 e. The summed E-state index contributed by atoms with van der Waals surface area (Å²) in [4.78, 5) is 14.0. The highest BCUT2D eigenvalue weighted by atomic mass is 16.5. The Morgan fingerprint density at radius 1 is 1.29 bits per heavy atom. The van der Waals surface area contributed by atoms with Gasteiger partial charge < -0.3 is 9.64 Å². The summed E-state index contributed by atoms with van der Waals surface area (Å²) in [6.07, 6.45) is 2.09. The molecule has 0 aliphatic carbocycles. The van der Waals surface area contributed by atoms with Crippen LogP contribution in [0.25, 0.3) is 0 Å². The van der Waals surface area contributed by atoms with Gasteiger partial charge in [0.05, 0.1) is 6.10 Å². The fraction of sp³-hybridized carbons (Fsp3) is 0.667. The lowest BCUT2D eigenvalue weighted by molar-refractivity contribution is 0.149. The summed E-state index contributed by atoms with van der Waals surface area (Å²) in [5.41, 5.74) is 0.326. The van der Waals surface area contributed by atoms with Gasteiger partial charge in [0, 0.05) is 19.2 Å². The second-order valence-corrected chi connectivity index (χ2v) is 6.50. The zero-order valence-corrected chi connectivity index (χ0v) is 13.2. The molecule has 0 saturated carbocycles. The predicted molar refractivity (Wildman–Crippen MR) is 81.4 cm³/mol. The van der Waals surface area contributed by atoms with E-state index in [-0.39, 0.29) is 12.1 Å². The van der Waals surface area contributed by atoms with E-state index in [0.29, 0.717) is 17.1 Å². The van der Waals surface area contributed by atoms with E-state index in [1.807, 2.05) is 18.7 Å². The Balaban J connectivity index is 1.88. The van der Waals surface area contributed by atoms with Crippen molar-refractivity contribution in [1.29, 1.82) is 0 Å². The third kappa shape index (κ3) is 4.58. The Hall–Kier alpha value is -1.85. The molecule has 2 rings (SSSR count). The van der Waals surface area contributed by atoms with E-state index in [1.54, 1.807) is 12.1 Å². The van der Waals surface area contributed by atoms with Crippen molar-refractivity contribution in [3.63, 3.8) is 0 Å². The number of urea groups is 1. The second-order valence-electron chi connectivity index (χ2n) is 6.50. The lowest BCUT2D eigenvalue weighted by Gasteiger charge is -2.36. The van der Waals surface area contributed by atoms with Crippen molar-refractivity contribution in [2.75, 3.05) is 18.4 Å². The van der Waals surface area contributed by atoms with Crippen molar-refractivity contribution in [3.05, 3.63) is 12.1 Å². The van der Waals surface area contributed by atoms with Gasteiger partial charge in [-0.1, -0.05) is 13.8 Å². The molecule has 0 bridgehead atoms. The maximum Gasteiger partial charge on any atom is 0.323 e. The number of hydrogen-bond donors (Lipinski definition) is 1. The number of likely N-dealkylation sites (tertiary alicyclic amines) is 1. The molecule has 0 unspecified atom stereocenters. The highest BCUT2D eigenvalue weighted by Gasteiger charge is 2.27. The molecule has 1 aromatic rings. The fourth-order valence-corrected chi connectivity index (χ4v) is 2.19. The number of nitrogens with zero attached hydrogens (tertiary/aromatic N) is 3. The molecule has 1 fully saturated rings. The van der Waals surface area contributed by atoms with Gasteiger partial charge in [-0.2, -0.15) is 0 Å². The second kappa shape index (κ2) is 6.28. The first-order valence-corrected chi connectivity index (χ1v) is 7.42. The van der Waals surface area contributed by atoms with Gasteiger partial charge in [-0.25, -0.2) is 4.79 Å². The SMILES string of the molecule is CC(C)Oc1ccc(NC(=O)N2CCC(C)(C)CC2)nn1. The molecule has 1 aliphatic rings. The van der Waals surface area contributed by atoms with Gasteiger partial charge in [0.1, 0.15) is 0 Å². The Kier molecular flexibility index (Phi) is 4.65. The molecular formula is C15H24N4O2. The van der Waals surface area contributed by atoms with Crippen LogP contribution in [0.15, 0.2) is 12.1 Å². The largest absolute Gasteiger partial charge is 0.474 e. The zero-order chi connectivity index (χ0) is 15.5. The highest BCUT2D eigenvalue weighted by molar-refractivity contribution is 5.88. The van der Waals surface area contributed by atoms with Crippen molar-refractivity contribution in [3.8, 4) is 5.88 Å². The number of piperidine rings is 1. The summed E-state index contributed by atoms with van der Waals surface area (Å²) in [6.45, 7) is 9.88. The van der Waals surface area contributed by atoms with E-state index in [1.165, 1.54) is 0 Å². The number of ether oxygens (including phenoxy) is 1. The van der Waals surface area contributed by atoms with E-state index in [4.69, 9.17) is 4.74 Å². The first-order chi connectivity index (χ1) is 9.85. The fourth-order valence-electron chi connectivity index (χ4n) is 2.19. The number of nitrogens with one attached hydrogen (secondary N) is 1. The van der Waals surface area contributed by atoms with Crippen LogP contribution in [0.1, 0.15) is 40.5 Å². The molecule has 2 amide bonds. The average Bonchev–Trinajstić information content (AvgIpc) is 2.40. The number of carbonyl (C=O) groups is 1. The number of rotatable bonds is 3. The summed E-state index contributed by atoms with van der Waals surface area (Å²) in [6, 6.07) is 3.30. The molecule has 0 spiro atoms. The van der Waals surface area contributed by atoms with Crippen LogP contribution in [0, 0.1) is 5.41 Å². The molecule has 1 saturated heterocycles. The number of anilines is 1. The lowest BCUT2D eigenvalue weighted by atomic mass is 9.83. The minimum atomic E-state index is -0.114. The number of hydrogen-bond acceptors (Lipinski definition) is 4. The minimum absolute atomic E-state index is 0.0523. The van der Waals surface area contributed by atoms with Gasteiger partial charge >= 0.3 is 6.03 Å².